The van der Waals surface area contributed by atoms with Crippen molar-refractivity contribution in [3.8, 4) is 5.75 Å². The number of likely N-dealkylation sites (tertiary alicyclic amines) is 1. The lowest BCUT2D eigenvalue weighted by Gasteiger charge is -2.14. The van der Waals surface area contributed by atoms with E-state index >= 15 is 0 Å². The second-order valence-corrected chi connectivity index (χ2v) is 6.14. The summed E-state index contributed by atoms with van der Waals surface area (Å²) >= 11 is 0. The zero-order valence-corrected chi connectivity index (χ0v) is 13.9. The maximum atomic E-state index is 12.0. The molecule has 2 aromatic carbocycles. The molecule has 1 saturated heterocycles. The molecule has 1 heterocycles. The van der Waals surface area contributed by atoms with Crippen LogP contribution in [0.2, 0.25) is 0 Å². The lowest BCUT2D eigenvalue weighted by atomic mass is 10.2. The van der Waals surface area contributed by atoms with E-state index in [1.165, 1.54) is 0 Å². The summed E-state index contributed by atoms with van der Waals surface area (Å²) in [4.78, 5) is 14.2. The van der Waals surface area contributed by atoms with Crippen molar-refractivity contribution in [1.82, 2.24) is 10.2 Å². The maximum Gasteiger partial charge on any atom is 0.319 e. The molecule has 0 radical (unpaired) electrons. The number of anilines is 1. The van der Waals surface area contributed by atoms with E-state index in [-0.39, 0.29) is 12.1 Å². The smallest absolute Gasteiger partial charge is 0.319 e. The van der Waals surface area contributed by atoms with Gasteiger partial charge in [0.1, 0.15) is 12.4 Å². The Kier molecular flexibility index (Phi) is 5.33. The number of hydrogen-bond acceptors (Lipinski definition) is 3. The predicted molar refractivity (Wildman–Crippen MR) is 95.3 cm³/mol. The molecular formula is C19H23N3O2. The molecule has 1 atom stereocenters. The molecule has 126 valence electrons. The van der Waals surface area contributed by atoms with Gasteiger partial charge in [0, 0.05) is 18.3 Å². The van der Waals surface area contributed by atoms with Crippen molar-refractivity contribution in [3.63, 3.8) is 0 Å². The average Bonchev–Trinajstić information content (AvgIpc) is 3.00. The molecule has 24 heavy (non-hydrogen) atoms. The number of urea groups is 1. The first kappa shape index (κ1) is 16.3. The summed E-state index contributed by atoms with van der Waals surface area (Å²) < 4.78 is 5.74. The third-order valence-electron chi connectivity index (χ3n) is 4.09. The minimum Gasteiger partial charge on any atom is -0.489 e. The van der Waals surface area contributed by atoms with Crippen molar-refractivity contribution in [1.29, 1.82) is 0 Å². The number of ether oxygens (including phenoxy) is 1. The number of benzene rings is 2. The number of hydrogen-bond donors (Lipinski definition) is 2. The van der Waals surface area contributed by atoms with Crippen molar-refractivity contribution < 1.29 is 9.53 Å². The first-order chi connectivity index (χ1) is 11.7. The van der Waals surface area contributed by atoms with Crippen LogP contribution >= 0.6 is 0 Å². The molecule has 5 heteroatoms. The molecule has 5 nitrogen and oxygen atoms in total. The van der Waals surface area contributed by atoms with E-state index < -0.39 is 0 Å². The molecule has 0 bridgehead atoms. The number of carbonyl (C=O) groups excluding carboxylic acids is 1. The standard InChI is InChI=1S/C19H23N3O2/c1-22-12-11-17(13-22)21-19(23)20-16-7-9-18(10-8-16)24-14-15-5-3-2-4-6-15/h2-10,17H,11-14H2,1H3,(H2,20,21,23)/t17-/m1/s1. The summed E-state index contributed by atoms with van der Waals surface area (Å²) in [7, 11) is 2.06. The zero-order valence-electron chi connectivity index (χ0n) is 13.9. The van der Waals surface area contributed by atoms with Crippen LogP contribution in [-0.4, -0.2) is 37.1 Å². The molecule has 2 amide bonds. The Morgan fingerprint density at radius 1 is 1.17 bits per heavy atom. The number of carbonyl (C=O) groups is 1. The number of likely N-dealkylation sites (N-methyl/N-ethyl adjacent to an activating group) is 1. The van der Waals surface area contributed by atoms with Crippen LogP contribution in [0.3, 0.4) is 0 Å². The van der Waals surface area contributed by atoms with Crippen molar-refractivity contribution in [2.24, 2.45) is 0 Å². The molecule has 1 fully saturated rings. The van der Waals surface area contributed by atoms with Crippen LogP contribution in [0.1, 0.15) is 12.0 Å². The Morgan fingerprint density at radius 3 is 2.58 bits per heavy atom. The highest BCUT2D eigenvalue weighted by Crippen LogP contribution is 2.17. The van der Waals surface area contributed by atoms with Gasteiger partial charge in [0.05, 0.1) is 0 Å². The fourth-order valence-electron chi connectivity index (χ4n) is 2.78. The summed E-state index contributed by atoms with van der Waals surface area (Å²) in [5, 5.41) is 5.86. The molecule has 0 unspecified atom stereocenters. The number of rotatable bonds is 5. The van der Waals surface area contributed by atoms with Gasteiger partial charge in [-0.1, -0.05) is 30.3 Å². The van der Waals surface area contributed by atoms with Gasteiger partial charge in [-0.2, -0.15) is 0 Å². The molecule has 1 aliphatic heterocycles. The van der Waals surface area contributed by atoms with E-state index in [9.17, 15) is 4.79 Å². The molecule has 0 saturated carbocycles. The second-order valence-electron chi connectivity index (χ2n) is 6.14. The summed E-state index contributed by atoms with van der Waals surface area (Å²) in [5.74, 6) is 0.780. The number of nitrogens with zero attached hydrogens (tertiary/aromatic N) is 1. The predicted octanol–water partition coefficient (Wildman–Crippen LogP) is 3.09. The minimum absolute atomic E-state index is 0.159. The fraction of sp³-hybridized carbons (Fsp3) is 0.316. The first-order valence-electron chi connectivity index (χ1n) is 8.22. The van der Waals surface area contributed by atoms with Gasteiger partial charge in [0.15, 0.2) is 0 Å². The maximum absolute atomic E-state index is 12.0. The van der Waals surface area contributed by atoms with Gasteiger partial charge in [0.25, 0.3) is 0 Å². The van der Waals surface area contributed by atoms with Crippen LogP contribution in [0, 0.1) is 0 Å². The minimum atomic E-state index is -0.159. The van der Waals surface area contributed by atoms with Gasteiger partial charge in [-0.05, 0) is 49.8 Å². The SMILES string of the molecule is CN1CC[C@@H](NC(=O)Nc2ccc(OCc3ccccc3)cc2)C1. The monoisotopic (exact) mass is 325 g/mol. The Morgan fingerprint density at radius 2 is 1.92 bits per heavy atom. The van der Waals surface area contributed by atoms with Crippen molar-refractivity contribution in [3.05, 3.63) is 60.2 Å². The molecule has 2 N–H and O–H groups in total. The molecule has 1 aliphatic rings. The Balaban J connectivity index is 1.46. The van der Waals surface area contributed by atoms with Gasteiger partial charge >= 0.3 is 6.03 Å². The summed E-state index contributed by atoms with van der Waals surface area (Å²) in [5.41, 5.74) is 1.88. The molecule has 0 aromatic heterocycles. The van der Waals surface area contributed by atoms with E-state index in [0.717, 1.165) is 36.5 Å². The van der Waals surface area contributed by atoms with E-state index in [1.54, 1.807) is 0 Å². The number of amides is 2. The average molecular weight is 325 g/mol. The van der Waals surface area contributed by atoms with Gasteiger partial charge in [-0.3, -0.25) is 0 Å². The Labute approximate surface area is 142 Å². The van der Waals surface area contributed by atoms with Gasteiger partial charge in [-0.15, -0.1) is 0 Å². The molecule has 2 aromatic rings. The quantitative estimate of drug-likeness (QED) is 0.888. The van der Waals surface area contributed by atoms with E-state index in [2.05, 4.69) is 22.6 Å². The van der Waals surface area contributed by atoms with Crippen molar-refractivity contribution in [2.75, 3.05) is 25.5 Å². The summed E-state index contributed by atoms with van der Waals surface area (Å²) in [6.07, 6.45) is 0.996. The molecular weight excluding hydrogens is 302 g/mol. The van der Waals surface area contributed by atoms with E-state index in [1.807, 2.05) is 54.6 Å². The van der Waals surface area contributed by atoms with E-state index in [4.69, 9.17) is 4.74 Å². The van der Waals surface area contributed by atoms with Crippen LogP contribution in [0.5, 0.6) is 5.75 Å². The summed E-state index contributed by atoms with van der Waals surface area (Å²) in [6, 6.07) is 17.5. The lowest BCUT2D eigenvalue weighted by Crippen LogP contribution is -2.39. The van der Waals surface area contributed by atoms with Crippen LogP contribution in [-0.2, 0) is 6.61 Å². The fourth-order valence-corrected chi connectivity index (χ4v) is 2.78. The first-order valence-corrected chi connectivity index (χ1v) is 8.22. The lowest BCUT2D eigenvalue weighted by molar-refractivity contribution is 0.248. The highest BCUT2D eigenvalue weighted by molar-refractivity contribution is 5.89. The second kappa shape index (κ2) is 7.84. The van der Waals surface area contributed by atoms with Crippen LogP contribution < -0.4 is 15.4 Å². The van der Waals surface area contributed by atoms with Gasteiger partial charge in [-0.25, -0.2) is 4.79 Å². The molecule has 0 aliphatic carbocycles. The summed E-state index contributed by atoms with van der Waals surface area (Å²) in [6.45, 7) is 2.46. The third-order valence-corrected chi connectivity index (χ3v) is 4.09. The van der Waals surface area contributed by atoms with Crippen molar-refractivity contribution in [2.45, 2.75) is 19.1 Å². The van der Waals surface area contributed by atoms with Crippen molar-refractivity contribution >= 4 is 11.7 Å². The Bertz CT molecular complexity index is 658. The van der Waals surface area contributed by atoms with Crippen LogP contribution in [0.4, 0.5) is 10.5 Å². The molecule has 0 spiro atoms. The number of nitrogens with one attached hydrogen (secondary N) is 2. The highest BCUT2D eigenvalue weighted by Gasteiger charge is 2.20. The van der Waals surface area contributed by atoms with E-state index in [0.29, 0.717) is 6.61 Å². The Hall–Kier alpha value is -2.53. The van der Waals surface area contributed by atoms with Gasteiger partial charge < -0.3 is 20.3 Å². The van der Waals surface area contributed by atoms with Crippen LogP contribution in [0.15, 0.2) is 54.6 Å². The van der Waals surface area contributed by atoms with Gasteiger partial charge in [0.2, 0.25) is 0 Å². The zero-order chi connectivity index (χ0) is 16.8. The highest BCUT2D eigenvalue weighted by atomic mass is 16.5. The molecule has 3 rings (SSSR count). The largest absolute Gasteiger partial charge is 0.489 e. The topological polar surface area (TPSA) is 53.6 Å². The normalized spacial score (nSPS) is 17.5. The van der Waals surface area contributed by atoms with Crippen LogP contribution in [0.25, 0.3) is 0 Å². The third kappa shape index (κ3) is 4.73.